The quantitative estimate of drug-likeness (QED) is 0.144. The van der Waals surface area contributed by atoms with E-state index in [9.17, 15) is 37.6 Å². The number of hydrogen-bond donors (Lipinski definition) is 1. The third-order valence-electron chi connectivity index (χ3n) is 11.6. The number of rotatable bonds is 13. The van der Waals surface area contributed by atoms with Crippen molar-refractivity contribution < 1.29 is 37.1 Å². The van der Waals surface area contributed by atoms with Crippen molar-refractivity contribution in [3.63, 3.8) is 0 Å². The van der Waals surface area contributed by atoms with Crippen molar-refractivity contribution in [1.29, 1.82) is 5.26 Å². The molecule has 0 spiro atoms. The summed E-state index contributed by atoms with van der Waals surface area (Å²) in [6, 6.07) is 15.9. The van der Waals surface area contributed by atoms with Crippen molar-refractivity contribution in [2.24, 2.45) is 5.92 Å². The summed E-state index contributed by atoms with van der Waals surface area (Å²) in [5.41, 5.74) is 0.109. The Labute approximate surface area is 358 Å². The minimum absolute atomic E-state index is 0.0168. The number of ether oxygens (including phenoxy) is 1. The SMILES string of the molecule is CCc1cc(N2C(=S)N(c3ccc(C#N)c(C(F)(F)F)c3)C(=O)C2(C)C)ccc1OCCN1C[C@H](C)N(CC(=O)Cc2cc(Cl)cc(CC3CCC(=O)NC3=O)c2)C[C@H]1C. The number of nitrogens with zero attached hydrogens (tertiary/aromatic N) is 5. The Hall–Kier alpha value is -4.88. The van der Waals surface area contributed by atoms with E-state index >= 15 is 0 Å². The van der Waals surface area contributed by atoms with Gasteiger partial charge >= 0.3 is 6.18 Å². The maximum absolute atomic E-state index is 13.8. The number of alkyl halides is 3. The maximum Gasteiger partial charge on any atom is 0.417 e. The smallest absolute Gasteiger partial charge is 0.417 e. The van der Waals surface area contributed by atoms with Crippen LogP contribution in [0, 0.1) is 17.2 Å². The van der Waals surface area contributed by atoms with Crippen LogP contribution in [0.3, 0.4) is 0 Å². The van der Waals surface area contributed by atoms with Gasteiger partial charge in [-0.3, -0.25) is 39.2 Å². The second-order valence-corrected chi connectivity index (χ2v) is 17.1. The molecule has 16 heteroatoms. The van der Waals surface area contributed by atoms with Crippen LogP contribution in [0.15, 0.2) is 54.6 Å². The molecule has 11 nitrogen and oxygen atoms in total. The van der Waals surface area contributed by atoms with Gasteiger partial charge in [-0.05, 0) is 124 Å². The van der Waals surface area contributed by atoms with Crippen LogP contribution in [-0.2, 0) is 44.6 Å². The molecule has 3 saturated heterocycles. The molecule has 3 amide bonds. The Kier molecular flexibility index (Phi) is 13.4. The van der Waals surface area contributed by atoms with Crippen LogP contribution in [0.2, 0.25) is 5.02 Å². The summed E-state index contributed by atoms with van der Waals surface area (Å²) in [5, 5.41) is 12.2. The number of piperidine rings is 1. The van der Waals surface area contributed by atoms with E-state index in [4.69, 9.17) is 28.6 Å². The Bertz CT molecular complexity index is 2250. The van der Waals surface area contributed by atoms with E-state index in [-0.39, 0.29) is 52.8 Å². The number of halogens is 4. The molecule has 3 atom stereocenters. The molecule has 0 aliphatic carbocycles. The van der Waals surface area contributed by atoms with Gasteiger partial charge in [0.2, 0.25) is 11.8 Å². The molecule has 3 fully saturated rings. The zero-order valence-electron chi connectivity index (χ0n) is 34.2. The zero-order valence-corrected chi connectivity index (χ0v) is 35.8. The van der Waals surface area contributed by atoms with Gasteiger partial charge in [0.15, 0.2) is 10.9 Å². The highest BCUT2D eigenvalue weighted by molar-refractivity contribution is 7.81. The normalized spacial score (nSPS) is 21.3. The first-order chi connectivity index (χ1) is 28.3. The molecule has 3 aromatic rings. The average Bonchev–Trinajstić information content (AvgIpc) is 3.35. The number of hydrogen-bond acceptors (Lipinski definition) is 9. The molecule has 0 radical (unpaired) electrons. The monoisotopic (exact) mass is 864 g/mol. The molecule has 3 aliphatic rings. The zero-order chi connectivity index (χ0) is 43.7. The Morgan fingerprint density at radius 3 is 2.37 bits per heavy atom. The summed E-state index contributed by atoms with van der Waals surface area (Å²) in [5.74, 6) is -0.624. The molecule has 3 heterocycles. The fourth-order valence-corrected chi connectivity index (χ4v) is 9.12. The van der Waals surface area contributed by atoms with Crippen molar-refractivity contribution >= 4 is 63.8 Å². The minimum Gasteiger partial charge on any atom is -0.492 e. The second-order valence-electron chi connectivity index (χ2n) is 16.3. The van der Waals surface area contributed by atoms with Crippen molar-refractivity contribution in [2.45, 2.75) is 90.5 Å². The number of piperazine rings is 1. The molecule has 318 valence electrons. The first-order valence-corrected chi connectivity index (χ1v) is 20.8. The van der Waals surface area contributed by atoms with Crippen molar-refractivity contribution in [1.82, 2.24) is 15.1 Å². The lowest BCUT2D eigenvalue weighted by molar-refractivity contribution is -0.138. The summed E-state index contributed by atoms with van der Waals surface area (Å²) in [6.07, 6.45) is -2.75. The highest BCUT2D eigenvalue weighted by Crippen LogP contribution is 2.40. The fraction of sp³-hybridized carbons (Fsp3) is 0.455. The van der Waals surface area contributed by atoms with E-state index in [1.807, 2.05) is 25.1 Å². The summed E-state index contributed by atoms with van der Waals surface area (Å²) in [6.45, 7) is 12.3. The van der Waals surface area contributed by atoms with E-state index in [0.717, 1.165) is 40.3 Å². The number of imide groups is 1. The lowest BCUT2D eigenvalue weighted by atomic mass is 9.90. The molecule has 1 unspecified atom stereocenters. The number of nitrogens with one attached hydrogen (secondary N) is 1. The van der Waals surface area contributed by atoms with Gasteiger partial charge in [0.05, 0.1) is 29.4 Å². The third kappa shape index (κ3) is 9.68. The summed E-state index contributed by atoms with van der Waals surface area (Å²) >= 11 is 12.1. The van der Waals surface area contributed by atoms with Gasteiger partial charge in [-0.1, -0.05) is 24.6 Å². The first-order valence-electron chi connectivity index (χ1n) is 20.0. The highest BCUT2D eigenvalue weighted by atomic mass is 35.5. The van der Waals surface area contributed by atoms with E-state index in [0.29, 0.717) is 68.4 Å². The highest BCUT2D eigenvalue weighted by Gasteiger charge is 2.51. The third-order valence-corrected chi connectivity index (χ3v) is 12.1. The number of amides is 3. The number of thiocarbonyl (C=S) groups is 1. The van der Waals surface area contributed by atoms with E-state index in [2.05, 4.69) is 29.0 Å². The number of benzene rings is 3. The maximum atomic E-state index is 13.8. The van der Waals surface area contributed by atoms with Crippen LogP contribution in [0.4, 0.5) is 24.5 Å². The molecule has 0 bridgehead atoms. The van der Waals surface area contributed by atoms with Crippen molar-refractivity contribution in [2.75, 3.05) is 42.6 Å². The molecule has 0 saturated carbocycles. The van der Waals surface area contributed by atoms with Gasteiger partial charge in [-0.15, -0.1) is 0 Å². The van der Waals surface area contributed by atoms with Gasteiger partial charge in [0.1, 0.15) is 17.9 Å². The standard InChI is InChI=1S/C44H48ClF3N6O5S/c1-6-30-20-35(54-42(60)53(41(58)43(54,4)5)34-9-7-32(22-49)37(21-34)44(46,47)48)10-11-38(30)59-14-13-51-23-27(3)52(24-26(51)2)25-36(55)19-29-15-28(17-33(45)18-29)16-31-8-12-39(56)50-40(31)57/h7,9-11,15,17-18,20-21,26-27,31H,6,8,12-14,16,19,23-25H2,1-5H3,(H,50,56,57)/t26-,27+,31?/m1/s1. The molecule has 0 aromatic heterocycles. The topological polar surface area (TPSA) is 126 Å². The summed E-state index contributed by atoms with van der Waals surface area (Å²) in [7, 11) is 0. The molecule has 6 rings (SSSR count). The Morgan fingerprint density at radius 1 is 1.00 bits per heavy atom. The number of aryl methyl sites for hydroxylation is 1. The van der Waals surface area contributed by atoms with Crippen molar-refractivity contribution in [3.8, 4) is 11.8 Å². The van der Waals surface area contributed by atoms with Crippen LogP contribution in [0.1, 0.15) is 75.3 Å². The minimum atomic E-state index is -4.80. The molecule has 1 N–H and O–H groups in total. The van der Waals surface area contributed by atoms with Crippen LogP contribution < -0.4 is 19.9 Å². The van der Waals surface area contributed by atoms with E-state index in [1.165, 1.54) is 6.07 Å². The number of ketones is 1. The number of anilines is 2. The fourth-order valence-electron chi connectivity index (χ4n) is 8.32. The summed E-state index contributed by atoms with van der Waals surface area (Å²) < 4.78 is 47.7. The van der Waals surface area contributed by atoms with Crippen LogP contribution in [0.25, 0.3) is 0 Å². The van der Waals surface area contributed by atoms with E-state index in [1.54, 1.807) is 43.0 Å². The molecular weight excluding hydrogens is 817 g/mol. The van der Waals surface area contributed by atoms with Crippen LogP contribution >= 0.6 is 23.8 Å². The van der Waals surface area contributed by atoms with Gasteiger partial charge in [0, 0.05) is 61.2 Å². The lowest BCUT2D eigenvalue weighted by Gasteiger charge is -2.43. The van der Waals surface area contributed by atoms with Gasteiger partial charge in [-0.2, -0.15) is 18.4 Å². The number of carbonyl (C=O) groups excluding carboxylic acids is 4. The lowest BCUT2D eigenvalue weighted by Crippen LogP contribution is -2.58. The largest absolute Gasteiger partial charge is 0.492 e. The predicted molar refractivity (Wildman–Crippen MR) is 226 cm³/mol. The molecule has 3 aromatic carbocycles. The number of carbonyl (C=O) groups is 4. The molecule has 3 aliphatic heterocycles. The van der Waals surface area contributed by atoms with Gasteiger partial charge in [-0.25, -0.2) is 0 Å². The predicted octanol–water partition coefficient (Wildman–Crippen LogP) is 6.89. The van der Waals surface area contributed by atoms with Crippen LogP contribution in [-0.4, -0.2) is 88.8 Å². The van der Waals surface area contributed by atoms with Crippen LogP contribution in [0.5, 0.6) is 5.75 Å². The molecule has 60 heavy (non-hydrogen) atoms. The van der Waals surface area contributed by atoms with E-state index < -0.39 is 28.7 Å². The number of nitriles is 1. The Morgan fingerprint density at radius 2 is 1.68 bits per heavy atom. The molecular formula is C44H48ClF3N6O5S. The number of Topliss-reactive ketones (excluding diaryl/α,β-unsaturated/α-hetero) is 1. The van der Waals surface area contributed by atoms with Crippen molar-refractivity contribution in [3.05, 3.63) is 87.4 Å². The van der Waals surface area contributed by atoms with Gasteiger partial charge in [0.25, 0.3) is 5.91 Å². The van der Waals surface area contributed by atoms with Gasteiger partial charge < -0.3 is 9.64 Å². The average molecular weight is 865 g/mol. The first kappa shape index (κ1) is 44.7. The second kappa shape index (κ2) is 18.0. The Balaban J connectivity index is 1.04. The summed E-state index contributed by atoms with van der Waals surface area (Å²) in [4.78, 5) is 58.2.